The summed E-state index contributed by atoms with van der Waals surface area (Å²) in [6.45, 7) is 5.71. The number of hydrogen-bond acceptors (Lipinski definition) is 3. The van der Waals surface area contributed by atoms with Gasteiger partial charge in [-0.3, -0.25) is 4.90 Å². The van der Waals surface area contributed by atoms with Gasteiger partial charge in [-0.1, -0.05) is 42.5 Å². The van der Waals surface area contributed by atoms with E-state index < -0.39 is 0 Å². The maximum atomic E-state index is 12.8. The number of nitrogens with zero attached hydrogens (tertiary/aromatic N) is 2. The molecule has 1 N–H and O–H groups in total. The van der Waals surface area contributed by atoms with E-state index in [1.54, 1.807) is 0 Å². The van der Waals surface area contributed by atoms with Crippen molar-refractivity contribution in [3.05, 3.63) is 65.7 Å². The van der Waals surface area contributed by atoms with E-state index in [0.717, 1.165) is 50.5 Å². The number of rotatable bonds is 8. The maximum absolute atomic E-state index is 12.8. The third-order valence-corrected chi connectivity index (χ3v) is 5.95. The molecular weight excluding hydrogens is 366 g/mol. The topological polar surface area (TPSA) is 35.6 Å². The van der Waals surface area contributed by atoms with Crippen molar-refractivity contribution in [3.8, 4) is 0 Å². The third-order valence-electron chi connectivity index (χ3n) is 5.34. The molecule has 1 heterocycles. The lowest BCUT2D eigenvalue weighted by Gasteiger charge is -2.28. The lowest BCUT2D eigenvalue weighted by molar-refractivity contribution is 0.189. The third kappa shape index (κ3) is 5.76. The zero-order valence-electron chi connectivity index (χ0n) is 16.9. The van der Waals surface area contributed by atoms with E-state index in [-0.39, 0.29) is 12.1 Å². The minimum Gasteiger partial charge on any atom is -0.320 e. The van der Waals surface area contributed by atoms with E-state index >= 15 is 0 Å². The molecule has 2 aromatic rings. The summed E-state index contributed by atoms with van der Waals surface area (Å²) in [7, 11) is 0. The van der Waals surface area contributed by atoms with Gasteiger partial charge in [0.25, 0.3) is 0 Å². The van der Waals surface area contributed by atoms with Gasteiger partial charge >= 0.3 is 6.03 Å². The molecule has 1 saturated heterocycles. The van der Waals surface area contributed by atoms with Gasteiger partial charge in [0, 0.05) is 37.9 Å². The van der Waals surface area contributed by atoms with Crippen LogP contribution >= 0.6 is 11.8 Å². The molecule has 0 spiro atoms. The van der Waals surface area contributed by atoms with Gasteiger partial charge in [0.15, 0.2) is 0 Å². The van der Waals surface area contributed by atoms with E-state index in [4.69, 9.17) is 0 Å². The molecule has 0 bridgehead atoms. The normalized spacial score (nSPS) is 16.9. The van der Waals surface area contributed by atoms with E-state index in [1.807, 2.05) is 28.8 Å². The minimum atomic E-state index is 0.00549. The molecule has 1 aliphatic heterocycles. The van der Waals surface area contributed by atoms with Gasteiger partial charge in [0.1, 0.15) is 0 Å². The number of likely N-dealkylation sites (N-methyl/N-ethyl adjacent to an activating group) is 1. The van der Waals surface area contributed by atoms with Crippen LogP contribution in [0.25, 0.3) is 0 Å². The Bertz CT molecular complexity index is 735. The largest absolute Gasteiger partial charge is 0.322 e. The highest BCUT2D eigenvalue weighted by molar-refractivity contribution is 7.98. The number of nitrogens with one attached hydrogen (secondary N) is 1. The number of aryl methyl sites for hydroxylation is 1. The van der Waals surface area contributed by atoms with Gasteiger partial charge in [-0.05, 0) is 55.0 Å². The van der Waals surface area contributed by atoms with Gasteiger partial charge in [-0.25, -0.2) is 4.79 Å². The molecule has 0 aromatic heterocycles. The summed E-state index contributed by atoms with van der Waals surface area (Å²) in [4.78, 5) is 17.3. The zero-order chi connectivity index (χ0) is 19.8. The number of benzene rings is 2. The molecular formula is C23H31N3OS. The second-order valence-electron chi connectivity index (χ2n) is 7.32. The second kappa shape index (κ2) is 10.5. The van der Waals surface area contributed by atoms with Gasteiger partial charge < -0.3 is 10.2 Å². The molecule has 28 heavy (non-hydrogen) atoms. The highest BCUT2D eigenvalue weighted by Crippen LogP contribution is 2.20. The summed E-state index contributed by atoms with van der Waals surface area (Å²) in [5.74, 6) is 1.12. The van der Waals surface area contributed by atoms with Crippen molar-refractivity contribution >= 4 is 23.5 Å². The van der Waals surface area contributed by atoms with Crippen molar-refractivity contribution in [2.75, 3.05) is 37.0 Å². The monoisotopic (exact) mass is 397 g/mol. The molecule has 1 fully saturated rings. The molecule has 4 nitrogen and oxygen atoms in total. The van der Waals surface area contributed by atoms with E-state index in [0.29, 0.717) is 0 Å². The lowest BCUT2D eigenvalue weighted by atomic mass is 10.1. The zero-order valence-corrected chi connectivity index (χ0v) is 17.8. The smallest absolute Gasteiger partial charge is 0.320 e. The summed E-state index contributed by atoms with van der Waals surface area (Å²) in [6, 6.07) is 19.1. The van der Waals surface area contributed by atoms with Crippen LogP contribution in [0.1, 0.15) is 24.5 Å². The second-order valence-corrected chi connectivity index (χ2v) is 8.30. The molecule has 0 saturated carbocycles. The van der Waals surface area contributed by atoms with Gasteiger partial charge in [-0.2, -0.15) is 11.8 Å². The highest BCUT2D eigenvalue weighted by Gasteiger charge is 2.29. The molecule has 1 atom stereocenters. The van der Waals surface area contributed by atoms with Crippen LogP contribution in [0.5, 0.6) is 0 Å². The average Bonchev–Trinajstić information content (AvgIpc) is 3.17. The minimum absolute atomic E-state index is 0.00549. The molecule has 2 aromatic carbocycles. The van der Waals surface area contributed by atoms with Crippen molar-refractivity contribution in [3.63, 3.8) is 0 Å². The van der Waals surface area contributed by atoms with E-state index in [9.17, 15) is 4.79 Å². The van der Waals surface area contributed by atoms with Crippen LogP contribution in [0, 0.1) is 0 Å². The predicted molar refractivity (Wildman–Crippen MR) is 120 cm³/mol. The predicted octanol–water partition coefficient (Wildman–Crippen LogP) is 4.72. The number of carbonyl (C=O) groups is 1. The SMILES string of the molecule is CCN(C(=O)Nc1ccc(CCSC)cc1)C1CCN(Cc2ccccc2)C1. The summed E-state index contributed by atoms with van der Waals surface area (Å²) in [5.41, 5.74) is 3.51. The lowest BCUT2D eigenvalue weighted by Crippen LogP contribution is -2.44. The number of thioether (sulfide) groups is 1. The number of urea groups is 1. The Balaban J connectivity index is 1.53. The van der Waals surface area contributed by atoms with Crippen LogP contribution in [0.3, 0.4) is 0 Å². The Morgan fingerprint density at radius 2 is 1.89 bits per heavy atom. The molecule has 3 rings (SSSR count). The Kier molecular flexibility index (Phi) is 7.80. The Morgan fingerprint density at radius 3 is 2.57 bits per heavy atom. The number of likely N-dealkylation sites (tertiary alicyclic amines) is 1. The van der Waals surface area contributed by atoms with Crippen LogP contribution < -0.4 is 5.32 Å². The van der Waals surface area contributed by atoms with Crippen LogP contribution in [0.4, 0.5) is 10.5 Å². The molecule has 150 valence electrons. The first-order valence-electron chi connectivity index (χ1n) is 10.1. The van der Waals surface area contributed by atoms with Crippen molar-refractivity contribution in [2.24, 2.45) is 0 Å². The van der Waals surface area contributed by atoms with E-state index in [1.165, 1.54) is 11.1 Å². The number of amides is 2. The molecule has 0 radical (unpaired) electrons. The summed E-state index contributed by atoms with van der Waals surface area (Å²) >= 11 is 1.85. The van der Waals surface area contributed by atoms with Crippen LogP contribution in [-0.2, 0) is 13.0 Å². The molecule has 1 unspecified atom stereocenters. The van der Waals surface area contributed by atoms with E-state index in [2.05, 4.69) is 65.9 Å². The van der Waals surface area contributed by atoms with Crippen molar-refractivity contribution < 1.29 is 4.79 Å². The molecule has 2 amide bonds. The number of carbonyl (C=O) groups excluding carboxylic acids is 1. The fourth-order valence-corrected chi connectivity index (χ4v) is 4.23. The van der Waals surface area contributed by atoms with Crippen LogP contribution in [-0.4, -0.2) is 53.5 Å². The standard InChI is InChI=1S/C23H31N3OS/c1-3-26(22-13-15-25(18-22)17-20-7-5-4-6-8-20)23(27)24-21-11-9-19(10-12-21)14-16-28-2/h4-12,22H,3,13-18H2,1-2H3,(H,24,27). The van der Waals surface area contributed by atoms with Crippen molar-refractivity contribution in [2.45, 2.75) is 32.4 Å². The first-order valence-corrected chi connectivity index (χ1v) is 11.5. The first kappa shape index (κ1) is 20.7. The summed E-state index contributed by atoms with van der Waals surface area (Å²) in [5, 5.41) is 3.08. The Hall–Kier alpha value is -1.98. The first-order chi connectivity index (χ1) is 13.7. The van der Waals surface area contributed by atoms with Gasteiger partial charge in [-0.15, -0.1) is 0 Å². The Morgan fingerprint density at radius 1 is 1.14 bits per heavy atom. The van der Waals surface area contributed by atoms with Crippen molar-refractivity contribution in [1.29, 1.82) is 0 Å². The maximum Gasteiger partial charge on any atom is 0.322 e. The highest BCUT2D eigenvalue weighted by atomic mass is 32.2. The number of hydrogen-bond donors (Lipinski definition) is 1. The fourth-order valence-electron chi connectivity index (χ4n) is 3.79. The molecule has 5 heteroatoms. The van der Waals surface area contributed by atoms with Gasteiger partial charge in [0.05, 0.1) is 0 Å². The van der Waals surface area contributed by atoms with Crippen LogP contribution in [0.2, 0.25) is 0 Å². The van der Waals surface area contributed by atoms with Gasteiger partial charge in [0.2, 0.25) is 0 Å². The summed E-state index contributed by atoms with van der Waals surface area (Å²) in [6.07, 6.45) is 4.22. The average molecular weight is 398 g/mol. The molecule has 0 aliphatic carbocycles. The summed E-state index contributed by atoms with van der Waals surface area (Å²) < 4.78 is 0. The quantitative estimate of drug-likeness (QED) is 0.700. The van der Waals surface area contributed by atoms with Crippen LogP contribution in [0.15, 0.2) is 54.6 Å². The number of anilines is 1. The fraction of sp³-hybridized carbons (Fsp3) is 0.435. The van der Waals surface area contributed by atoms with Crippen molar-refractivity contribution in [1.82, 2.24) is 9.80 Å². The Labute approximate surface area is 173 Å². The molecule has 1 aliphatic rings.